The Morgan fingerprint density at radius 1 is 1.08 bits per heavy atom. The Morgan fingerprint density at radius 3 is 2.38 bits per heavy atom. The molecule has 0 aliphatic carbocycles. The van der Waals surface area contributed by atoms with E-state index in [0.29, 0.717) is 20.4 Å². The summed E-state index contributed by atoms with van der Waals surface area (Å²) in [4.78, 5) is 23.7. The number of carbonyl (C=O) groups is 2. The Kier molecular flexibility index (Phi) is 6.39. The molecule has 3 amide bonds. The lowest BCUT2D eigenvalue weighted by atomic mass is 10.1. The second kappa shape index (κ2) is 8.30. The van der Waals surface area contributed by atoms with Crippen molar-refractivity contribution in [2.75, 3.05) is 11.9 Å². The molecule has 0 aromatic heterocycles. The molecule has 0 aliphatic heterocycles. The van der Waals surface area contributed by atoms with Crippen LogP contribution >= 0.6 is 31.9 Å². The first-order valence-electron chi connectivity index (χ1n) is 7.11. The summed E-state index contributed by atoms with van der Waals surface area (Å²) in [5, 5.41) is 4.88. The van der Waals surface area contributed by atoms with Gasteiger partial charge in [-0.2, -0.15) is 0 Å². The summed E-state index contributed by atoms with van der Waals surface area (Å²) in [6, 6.07) is 10.5. The molecule has 126 valence electrons. The van der Waals surface area contributed by atoms with Crippen molar-refractivity contribution in [1.29, 1.82) is 0 Å². The molecule has 0 spiro atoms. The van der Waals surface area contributed by atoms with Crippen molar-refractivity contribution in [3.63, 3.8) is 0 Å². The molecule has 2 N–H and O–H groups in total. The predicted molar refractivity (Wildman–Crippen MR) is 100 cm³/mol. The van der Waals surface area contributed by atoms with Gasteiger partial charge in [-0.3, -0.25) is 10.1 Å². The number of halogens is 2. The number of rotatable bonds is 4. The first-order chi connectivity index (χ1) is 11.4. The van der Waals surface area contributed by atoms with E-state index < -0.39 is 11.9 Å². The highest BCUT2D eigenvalue weighted by atomic mass is 79.9. The van der Waals surface area contributed by atoms with Gasteiger partial charge in [-0.1, -0.05) is 23.8 Å². The quantitative estimate of drug-likeness (QED) is 0.710. The largest absolute Gasteiger partial charge is 0.481 e. The predicted octanol–water partition coefficient (Wildman–Crippen LogP) is 4.56. The van der Waals surface area contributed by atoms with Crippen LogP contribution in [0.25, 0.3) is 0 Å². The second-order valence-corrected chi connectivity index (χ2v) is 6.87. The van der Waals surface area contributed by atoms with Gasteiger partial charge < -0.3 is 10.1 Å². The van der Waals surface area contributed by atoms with E-state index in [0.717, 1.165) is 11.1 Å². The van der Waals surface area contributed by atoms with Gasteiger partial charge in [0.05, 0.1) is 8.95 Å². The molecule has 24 heavy (non-hydrogen) atoms. The first kappa shape index (κ1) is 18.5. The summed E-state index contributed by atoms with van der Waals surface area (Å²) < 4.78 is 6.86. The maximum Gasteiger partial charge on any atom is 0.325 e. The van der Waals surface area contributed by atoms with Gasteiger partial charge in [0.2, 0.25) is 0 Å². The molecule has 0 heterocycles. The Bertz CT molecular complexity index is 758. The lowest BCUT2D eigenvalue weighted by Crippen LogP contribution is -2.37. The van der Waals surface area contributed by atoms with Crippen LogP contribution in [-0.4, -0.2) is 18.5 Å². The lowest BCUT2D eigenvalue weighted by Gasteiger charge is -2.11. The minimum Gasteiger partial charge on any atom is -0.481 e. The fourth-order valence-corrected chi connectivity index (χ4v) is 3.26. The molecule has 0 fully saturated rings. The van der Waals surface area contributed by atoms with Crippen LogP contribution in [0, 0.1) is 13.8 Å². The number of nitrogens with one attached hydrogen (secondary N) is 2. The third kappa shape index (κ3) is 5.07. The zero-order valence-electron chi connectivity index (χ0n) is 13.2. The monoisotopic (exact) mass is 454 g/mol. The van der Waals surface area contributed by atoms with Crippen LogP contribution in [0.2, 0.25) is 0 Å². The van der Waals surface area contributed by atoms with Gasteiger partial charge in [0.15, 0.2) is 6.61 Å². The third-order valence-electron chi connectivity index (χ3n) is 3.15. The molecule has 0 aliphatic rings. The van der Waals surface area contributed by atoms with Crippen LogP contribution in [0.4, 0.5) is 10.5 Å². The number of imide groups is 1. The highest BCUT2D eigenvalue weighted by Gasteiger charge is 2.12. The van der Waals surface area contributed by atoms with Crippen LogP contribution in [0.5, 0.6) is 5.75 Å². The third-order valence-corrected chi connectivity index (χ3v) is 4.40. The Hall–Kier alpha value is -1.86. The summed E-state index contributed by atoms with van der Waals surface area (Å²) in [6.07, 6.45) is 0. The number of ether oxygens (including phenoxy) is 1. The van der Waals surface area contributed by atoms with E-state index in [4.69, 9.17) is 4.74 Å². The lowest BCUT2D eigenvalue weighted by molar-refractivity contribution is -0.121. The maximum atomic E-state index is 11.9. The molecule has 2 aromatic rings. The molecule has 2 aromatic carbocycles. The van der Waals surface area contributed by atoms with Crippen molar-refractivity contribution in [2.45, 2.75) is 13.8 Å². The minimum atomic E-state index is -0.596. The summed E-state index contributed by atoms with van der Waals surface area (Å²) in [6.45, 7) is 3.58. The molecule has 0 saturated heterocycles. The molecular formula is C17H16Br2N2O3. The molecule has 2 rings (SSSR count). The summed E-state index contributed by atoms with van der Waals surface area (Å²) in [7, 11) is 0. The van der Waals surface area contributed by atoms with Gasteiger partial charge >= 0.3 is 6.03 Å². The molecule has 5 nitrogen and oxygen atoms in total. The van der Waals surface area contributed by atoms with Gasteiger partial charge in [-0.05, 0) is 69.5 Å². The maximum absolute atomic E-state index is 11.9. The number of hydrogen-bond acceptors (Lipinski definition) is 3. The van der Waals surface area contributed by atoms with E-state index in [1.807, 2.05) is 32.0 Å². The fraction of sp³-hybridized carbons (Fsp3) is 0.176. The smallest absolute Gasteiger partial charge is 0.325 e. The van der Waals surface area contributed by atoms with E-state index in [1.54, 1.807) is 18.2 Å². The number of anilines is 1. The van der Waals surface area contributed by atoms with Crippen LogP contribution in [0.1, 0.15) is 11.1 Å². The molecule has 0 saturated carbocycles. The molecule has 7 heteroatoms. The number of para-hydroxylation sites is 1. The van der Waals surface area contributed by atoms with Gasteiger partial charge in [0.25, 0.3) is 5.91 Å². The zero-order valence-corrected chi connectivity index (χ0v) is 16.3. The van der Waals surface area contributed by atoms with Crippen LogP contribution in [-0.2, 0) is 4.79 Å². The Balaban J connectivity index is 1.89. The van der Waals surface area contributed by atoms with Crippen molar-refractivity contribution < 1.29 is 14.3 Å². The fourth-order valence-electron chi connectivity index (χ4n) is 2.03. The molecule has 0 bridgehead atoms. The molecular weight excluding hydrogens is 440 g/mol. The number of hydrogen-bond donors (Lipinski definition) is 2. The summed E-state index contributed by atoms with van der Waals surface area (Å²) in [5.41, 5.74) is 2.67. The highest BCUT2D eigenvalue weighted by molar-refractivity contribution is 9.11. The van der Waals surface area contributed by atoms with E-state index in [9.17, 15) is 9.59 Å². The van der Waals surface area contributed by atoms with E-state index in [1.165, 1.54) is 0 Å². The van der Waals surface area contributed by atoms with E-state index in [-0.39, 0.29) is 6.61 Å². The van der Waals surface area contributed by atoms with Crippen LogP contribution in [0.3, 0.4) is 0 Å². The SMILES string of the molecule is Cc1ccc(NC(=O)NC(=O)COc2c(Br)cccc2Br)c(C)c1. The van der Waals surface area contributed by atoms with Crippen molar-refractivity contribution in [2.24, 2.45) is 0 Å². The minimum absolute atomic E-state index is 0.276. The Labute approximate surface area is 157 Å². The van der Waals surface area contributed by atoms with Crippen molar-refractivity contribution in [3.8, 4) is 5.75 Å². The Morgan fingerprint density at radius 2 is 1.75 bits per heavy atom. The van der Waals surface area contributed by atoms with Gasteiger partial charge in [0, 0.05) is 5.69 Å². The molecule has 0 unspecified atom stereocenters. The number of amides is 3. The normalized spacial score (nSPS) is 10.2. The van der Waals surface area contributed by atoms with E-state index >= 15 is 0 Å². The number of aryl methyl sites for hydroxylation is 2. The number of carbonyl (C=O) groups excluding carboxylic acids is 2. The average Bonchev–Trinajstić information content (AvgIpc) is 2.49. The van der Waals surface area contributed by atoms with Crippen molar-refractivity contribution >= 4 is 49.5 Å². The highest BCUT2D eigenvalue weighted by Crippen LogP contribution is 2.32. The molecule has 0 atom stereocenters. The summed E-state index contributed by atoms with van der Waals surface area (Å²) in [5.74, 6) is -0.0395. The van der Waals surface area contributed by atoms with Crippen LogP contribution < -0.4 is 15.4 Å². The molecule has 0 radical (unpaired) electrons. The van der Waals surface area contributed by atoms with Gasteiger partial charge in [-0.15, -0.1) is 0 Å². The van der Waals surface area contributed by atoms with Crippen molar-refractivity contribution in [3.05, 3.63) is 56.5 Å². The van der Waals surface area contributed by atoms with Crippen molar-refractivity contribution in [1.82, 2.24) is 5.32 Å². The number of benzene rings is 2. The zero-order chi connectivity index (χ0) is 17.7. The first-order valence-corrected chi connectivity index (χ1v) is 8.70. The van der Waals surface area contributed by atoms with Crippen LogP contribution in [0.15, 0.2) is 45.3 Å². The number of urea groups is 1. The van der Waals surface area contributed by atoms with E-state index in [2.05, 4.69) is 42.5 Å². The standard InChI is InChI=1S/C17H16Br2N2O3/c1-10-6-7-14(11(2)8-10)20-17(23)21-15(22)9-24-16-12(18)4-3-5-13(16)19/h3-8H,9H2,1-2H3,(H2,20,21,22,23). The van der Waals surface area contributed by atoms with Gasteiger partial charge in [0.1, 0.15) is 5.75 Å². The van der Waals surface area contributed by atoms with Gasteiger partial charge in [-0.25, -0.2) is 4.79 Å². The second-order valence-electron chi connectivity index (χ2n) is 5.16. The topological polar surface area (TPSA) is 67.4 Å². The average molecular weight is 456 g/mol. The summed E-state index contributed by atoms with van der Waals surface area (Å²) >= 11 is 6.68.